The molecule has 3 heterocycles. The number of carbonyl (C=O) groups excluding carboxylic acids is 2. The van der Waals surface area contributed by atoms with Gasteiger partial charge in [-0.2, -0.15) is 0 Å². The first-order valence-electron chi connectivity index (χ1n) is 7.49. The second kappa shape index (κ2) is 6.18. The lowest BCUT2D eigenvalue weighted by Crippen LogP contribution is -2.53. The van der Waals surface area contributed by atoms with Crippen molar-refractivity contribution in [2.24, 2.45) is 0 Å². The van der Waals surface area contributed by atoms with E-state index >= 15 is 0 Å². The van der Waals surface area contributed by atoms with Crippen molar-refractivity contribution >= 4 is 77.4 Å². The maximum Gasteiger partial charge on any atom is 0.265 e. The van der Waals surface area contributed by atoms with Crippen LogP contribution in [0.5, 0.6) is 0 Å². The Hall–Kier alpha value is -2.35. The molecule has 0 atom stereocenters. The zero-order valence-corrected chi connectivity index (χ0v) is 15.4. The van der Waals surface area contributed by atoms with Crippen LogP contribution in [0.1, 0.15) is 4.88 Å². The Kier molecular flexibility index (Phi) is 3.99. The van der Waals surface area contributed by atoms with Crippen LogP contribution in [0.4, 0.5) is 0 Å². The predicted octanol–water partition coefficient (Wildman–Crippen LogP) is 3.93. The van der Waals surface area contributed by atoms with Gasteiger partial charge >= 0.3 is 0 Å². The van der Waals surface area contributed by atoms with Gasteiger partial charge < -0.3 is 0 Å². The Balaban J connectivity index is 1.77. The highest BCUT2D eigenvalue weighted by Crippen LogP contribution is 2.40. The van der Waals surface area contributed by atoms with Crippen LogP contribution in [-0.2, 0) is 9.59 Å². The number of rotatable bonds is 3. The van der Waals surface area contributed by atoms with E-state index < -0.39 is 11.8 Å². The van der Waals surface area contributed by atoms with Crippen molar-refractivity contribution in [1.29, 1.82) is 0 Å². The van der Waals surface area contributed by atoms with Gasteiger partial charge in [0.15, 0.2) is 5.11 Å². The van der Waals surface area contributed by atoms with Gasteiger partial charge in [-0.15, -0.1) is 29.3 Å². The first kappa shape index (κ1) is 16.1. The number of hydrogen-bond donors (Lipinski definition) is 1. The molecule has 0 aliphatic carbocycles. The van der Waals surface area contributed by atoms with Gasteiger partial charge in [0.2, 0.25) is 0 Å². The Bertz CT molecular complexity index is 1090. The number of carbonyl (C=O) groups is 2. The van der Waals surface area contributed by atoms with E-state index in [1.165, 1.54) is 19.0 Å². The van der Waals surface area contributed by atoms with E-state index in [4.69, 9.17) is 12.2 Å². The van der Waals surface area contributed by atoms with Crippen molar-refractivity contribution < 1.29 is 9.59 Å². The smallest absolute Gasteiger partial charge is 0.265 e. The maximum absolute atomic E-state index is 12.6. The molecule has 0 bridgehead atoms. The summed E-state index contributed by atoms with van der Waals surface area (Å²) in [7, 11) is 0. The van der Waals surface area contributed by atoms with E-state index in [0.717, 1.165) is 10.3 Å². The summed E-state index contributed by atoms with van der Waals surface area (Å²) < 4.78 is 2.41. The van der Waals surface area contributed by atoms with Gasteiger partial charge in [-0.05, 0) is 30.4 Å². The van der Waals surface area contributed by atoms with Gasteiger partial charge in [0, 0.05) is 26.9 Å². The highest BCUT2D eigenvalue weighted by molar-refractivity contribution is 7.80. The van der Waals surface area contributed by atoms with Crippen molar-refractivity contribution in [3.63, 3.8) is 0 Å². The van der Waals surface area contributed by atoms with Crippen LogP contribution in [-0.4, -0.2) is 28.4 Å². The van der Waals surface area contributed by atoms with E-state index in [2.05, 4.69) is 24.0 Å². The van der Waals surface area contributed by atoms with Crippen LogP contribution in [0.15, 0.2) is 48.6 Å². The highest BCUT2D eigenvalue weighted by atomic mass is 32.2. The summed E-state index contributed by atoms with van der Waals surface area (Å²) in [5, 5.41) is 5.02. The first-order valence-corrected chi connectivity index (χ1v) is 9.53. The molecule has 0 saturated carbocycles. The van der Waals surface area contributed by atoms with Crippen molar-refractivity contribution in [2.45, 2.75) is 0 Å². The van der Waals surface area contributed by atoms with Crippen molar-refractivity contribution in [1.82, 2.24) is 10.2 Å². The molecule has 0 unspecified atom stereocenters. The molecule has 1 fully saturated rings. The maximum atomic E-state index is 12.6. The molecule has 7 heteroatoms. The third-order valence-electron chi connectivity index (χ3n) is 3.88. The van der Waals surface area contributed by atoms with Crippen molar-refractivity contribution in [3.05, 3.63) is 53.4 Å². The summed E-state index contributed by atoms with van der Waals surface area (Å²) in [4.78, 5) is 27.0. The third-order valence-corrected chi connectivity index (χ3v) is 6.56. The molecule has 1 aliphatic rings. The standard InChI is InChI=1S/C18H12N2O2S3/c1-2-7-20-16(22)13(15(21)19-18(20)23)9-10-8-12-11-5-3-4-6-14(11)25-17(12)24-10/h2-6,8-9H,1,7H2,(H,19,21,23). The van der Waals surface area contributed by atoms with Gasteiger partial charge in [-0.3, -0.25) is 19.8 Å². The predicted molar refractivity (Wildman–Crippen MR) is 108 cm³/mol. The van der Waals surface area contributed by atoms with Crippen LogP contribution < -0.4 is 5.32 Å². The summed E-state index contributed by atoms with van der Waals surface area (Å²) in [6.07, 6.45) is 3.22. The molecule has 4 nitrogen and oxygen atoms in total. The third kappa shape index (κ3) is 2.70. The van der Waals surface area contributed by atoms with Crippen LogP contribution in [0.3, 0.4) is 0 Å². The molecule has 1 aromatic carbocycles. The Morgan fingerprint density at radius 1 is 1.20 bits per heavy atom. The lowest BCUT2D eigenvalue weighted by atomic mass is 10.1. The molecule has 0 spiro atoms. The van der Waals surface area contributed by atoms with Crippen LogP contribution in [0, 0.1) is 0 Å². The summed E-state index contributed by atoms with van der Waals surface area (Å²) in [6, 6.07) is 10.2. The normalized spacial score (nSPS) is 16.9. The van der Waals surface area contributed by atoms with Gasteiger partial charge in [-0.25, -0.2) is 0 Å². The molecule has 1 saturated heterocycles. The van der Waals surface area contributed by atoms with E-state index in [0.29, 0.717) is 0 Å². The van der Waals surface area contributed by atoms with Crippen LogP contribution in [0.2, 0.25) is 0 Å². The molecular formula is C18H12N2O2S3. The summed E-state index contributed by atoms with van der Waals surface area (Å²) in [6.45, 7) is 3.88. The van der Waals surface area contributed by atoms with E-state index in [1.807, 2.05) is 18.2 Å². The molecule has 1 N–H and O–H groups in total. The molecule has 0 radical (unpaired) electrons. The van der Waals surface area contributed by atoms with Crippen LogP contribution >= 0.6 is 34.9 Å². The number of thiophene rings is 2. The van der Waals surface area contributed by atoms with Crippen molar-refractivity contribution in [2.75, 3.05) is 6.54 Å². The van der Waals surface area contributed by atoms with E-state index in [9.17, 15) is 9.59 Å². The topological polar surface area (TPSA) is 49.4 Å². The zero-order chi connectivity index (χ0) is 17.6. The summed E-state index contributed by atoms with van der Waals surface area (Å²) in [5.74, 6) is -0.854. The summed E-state index contributed by atoms with van der Waals surface area (Å²) >= 11 is 8.35. The monoisotopic (exact) mass is 384 g/mol. The molecule has 3 aromatic rings. The second-order valence-electron chi connectivity index (χ2n) is 5.47. The first-order chi connectivity index (χ1) is 12.1. The minimum absolute atomic E-state index is 0.0914. The lowest BCUT2D eigenvalue weighted by molar-refractivity contribution is -0.128. The average molecular weight is 385 g/mol. The molecule has 4 rings (SSSR count). The molecular weight excluding hydrogens is 372 g/mol. The van der Waals surface area contributed by atoms with Gasteiger partial charge in [0.1, 0.15) is 5.57 Å². The summed E-state index contributed by atoms with van der Waals surface area (Å²) in [5.41, 5.74) is 0.0914. The number of hydrogen-bond acceptors (Lipinski definition) is 5. The number of amides is 2. The molecule has 1 aliphatic heterocycles. The zero-order valence-electron chi connectivity index (χ0n) is 12.9. The number of benzene rings is 1. The van der Waals surface area contributed by atoms with E-state index in [1.54, 1.807) is 34.8 Å². The molecule has 25 heavy (non-hydrogen) atoms. The molecule has 124 valence electrons. The number of nitrogens with one attached hydrogen (secondary N) is 1. The molecule has 2 amide bonds. The number of nitrogens with zero attached hydrogens (tertiary/aromatic N) is 1. The Morgan fingerprint density at radius 3 is 2.80 bits per heavy atom. The molecule has 2 aromatic heterocycles. The minimum Gasteiger partial charge on any atom is -0.298 e. The average Bonchev–Trinajstić information content (AvgIpc) is 3.12. The fourth-order valence-corrected chi connectivity index (χ4v) is 5.47. The lowest BCUT2D eigenvalue weighted by Gasteiger charge is -2.27. The number of fused-ring (bicyclic) bond motifs is 3. The largest absolute Gasteiger partial charge is 0.298 e. The SMILES string of the molecule is C=CCN1C(=O)C(=Cc2cc3c(s2)sc2ccccc23)C(=O)NC1=S. The fraction of sp³-hybridized carbons (Fsp3) is 0.0556. The van der Waals surface area contributed by atoms with Gasteiger partial charge in [0.25, 0.3) is 11.8 Å². The van der Waals surface area contributed by atoms with E-state index in [-0.39, 0.29) is 17.2 Å². The fourth-order valence-electron chi connectivity index (χ4n) is 2.74. The Morgan fingerprint density at radius 2 is 2.00 bits per heavy atom. The van der Waals surface area contributed by atoms with Gasteiger partial charge in [-0.1, -0.05) is 24.3 Å². The second-order valence-corrected chi connectivity index (χ2v) is 8.25. The quantitative estimate of drug-likeness (QED) is 0.322. The van der Waals surface area contributed by atoms with Crippen molar-refractivity contribution in [3.8, 4) is 0 Å². The van der Waals surface area contributed by atoms with Crippen LogP contribution in [0.25, 0.3) is 25.6 Å². The Labute approximate surface area is 157 Å². The minimum atomic E-state index is -0.461. The van der Waals surface area contributed by atoms with Gasteiger partial charge in [0.05, 0.1) is 4.01 Å². The highest BCUT2D eigenvalue weighted by Gasteiger charge is 2.32. The number of thiocarbonyl (C=S) groups is 1.